The van der Waals surface area contributed by atoms with Gasteiger partial charge in [-0.15, -0.1) is 10.2 Å². The highest BCUT2D eigenvalue weighted by molar-refractivity contribution is 5.67. The highest BCUT2D eigenvalue weighted by Crippen LogP contribution is 2.23. The van der Waals surface area contributed by atoms with Gasteiger partial charge in [-0.2, -0.15) is 0 Å². The quantitative estimate of drug-likeness (QED) is 0.846. The number of hydrogen-bond donors (Lipinski definition) is 2. The van der Waals surface area contributed by atoms with Crippen LogP contribution in [0.1, 0.15) is 37.2 Å². The number of rotatable bonds is 6. The first-order chi connectivity index (χ1) is 11.6. The second-order valence-electron chi connectivity index (χ2n) is 6.26. The molecule has 0 radical (unpaired) electrons. The van der Waals surface area contributed by atoms with E-state index in [0.29, 0.717) is 12.6 Å². The minimum absolute atomic E-state index is 0.133. The summed E-state index contributed by atoms with van der Waals surface area (Å²) in [6.45, 7) is 2.36. The van der Waals surface area contributed by atoms with Crippen molar-refractivity contribution >= 4 is 6.09 Å². The SMILES string of the molecule is CC(NC1CC(NC(=O)OCc2ccccc2)C1)c1nncn1C. The predicted octanol–water partition coefficient (Wildman–Crippen LogP) is 1.92. The smallest absolute Gasteiger partial charge is 0.407 e. The molecule has 0 spiro atoms. The van der Waals surface area contributed by atoms with E-state index in [1.165, 1.54) is 0 Å². The molecule has 1 fully saturated rings. The molecule has 1 saturated carbocycles. The van der Waals surface area contributed by atoms with E-state index in [9.17, 15) is 4.79 Å². The third-order valence-corrected chi connectivity index (χ3v) is 4.29. The van der Waals surface area contributed by atoms with E-state index in [4.69, 9.17) is 4.74 Å². The van der Waals surface area contributed by atoms with Gasteiger partial charge >= 0.3 is 6.09 Å². The minimum atomic E-state index is -0.358. The van der Waals surface area contributed by atoms with Gasteiger partial charge in [-0.25, -0.2) is 4.79 Å². The van der Waals surface area contributed by atoms with Crippen molar-refractivity contribution < 1.29 is 9.53 Å². The molecule has 7 nitrogen and oxygen atoms in total. The Morgan fingerprint density at radius 1 is 1.33 bits per heavy atom. The molecule has 1 aromatic heterocycles. The molecule has 2 N–H and O–H groups in total. The first-order valence-electron chi connectivity index (χ1n) is 8.19. The zero-order chi connectivity index (χ0) is 16.9. The summed E-state index contributed by atoms with van der Waals surface area (Å²) in [5, 5.41) is 14.4. The molecule has 7 heteroatoms. The second kappa shape index (κ2) is 7.44. The lowest BCUT2D eigenvalue weighted by Gasteiger charge is -2.37. The Hall–Kier alpha value is -2.41. The number of nitrogens with zero attached hydrogens (tertiary/aromatic N) is 3. The fraction of sp³-hybridized carbons (Fsp3) is 0.471. The number of aryl methyl sites for hydroxylation is 1. The zero-order valence-electron chi connectivity index (χ0n) is 14.0. The van der Waals surface area contributed by atoms with E-state index < -0.39 is 0 Å². The molecule has 1 aliphatic carbocycles. The van der Waals surface area contributed by atoms with Gasteiger partial charge in [0.05, 0.1) is 6.04 Å². The number of amides is 1. The monoisotopic (exact) mass is 329 g/mol. The maximum atomic E-state index is 11.8. The number of nitrogens with one attached hydrogen (secondary N) is 2. The molecule has 0 saturated heterocycles. The van der Waals surface area contributed by atoms with Crippen molar-refractivity contribution in [3.63, 3.8) is 0 Å². The second-order valence-corrected chi connectivity index (χ2v) is 6.26. The first-order valence-corrected chi connectivity index (χ1v) is 8.19. The Bertz CT molecular complexity index is 667. The van der Waals surface area contributed by atoms with Crippen molar-refractivity contribution in [2.24, 2.45) is 7.05 Å². The molecule has 1 heterocycles. The maximum absolute atomic E-state index is 11.8. The van der Waals surface area contributed by atoms with Gasteiger partial charge in [0.1, 0.15) is 18.8 Å². The molecular weight excluding hydrogens is 306 g/mol. The van der Waals surface area contributed by atoms with Crippen LogP contribution >= 0.6 is 0 Å². The maximum Gasteiger partial charge on any atom is 0.407 e. The summed E-state index contributed by atoms with van der Waals surface area (Å²) in [4.78, 5) is 11.8. The van der Waals surface area contributed by atoms with Crippen LogP contribution in [0.4, 0.5) is 4.79 Å². The largest absolute Gasteiger partial charge is 0.445 e. The third-order valence-electron chi connectivity index (χ3n) is 4.29. The van der Waals surface area contributed by atoms with Crippen LogP contribution in [-0.2, 0) is 18.4 Å². The summed E-state index contributed by atoms with van der Waals surface area (Å²) >= 11 is 0. The van der Waals surface area contributed by atoms with Gasteiger partial charge in [0, 0.05) is 19.1 Å². The Morgan fingerprint density at radius 2 is 2.08 bits per heavy atom. The standard InChI is InChI=1S/C17H23N5O2/c1-12(16-21-18-11-22(16)2)19-14-8-15(9-14)20-17(23)24-10-13-6-4-3-5-7-13/h3-7,11-12,14-15,19H,8-10H2,1-2H3,(H,20,23). The van der Waals surface area contributed by atoms with Crippen molar-refractivity contribution in [3.05, 3.63) is 48.0 Å². The number of carbonyl (C=O) groups is 1. The average Bonchev–Trinajstić information content (AvgIpc) is 2.98. The first kappa shape index (κ1) is 16.4. The zero-order valence-corrected chi connectivity index (χ0v) is 14.0. The van der Waals surface area contributed by atoms with Gasteiger partial charge in [0.25, 0.3) is 0 Å². The van der Waals surface area contributed by atoms with Gasteiger partial charge < -0.3 is 19.9 Å². The Labute approximate surface area is 141 Å². The van der Waals surface area contributed by atoms with Crippen LogP contribution in [0.15, 0.2) is 36.7 Å². The molecule has 2 aromatic rings. The highest BCUT2D eigenvalue weighted by atomic mass is 16.5. The third kappa shape index (κ3) is 4.11. The van der Waals surface area contributed by atoms with Crippen molar-refractivity contribution in [1.29, 1.82) is 0 Å². The topological polar surface area (TPSA) is 81.1 Å². The Balaban J connectivity index is 1.35. The van der Waals surface area contributed by atoms with Crippen molar-refractivity contribution in [2.45, 2.75) is 44.5 Å². The fourth-order valence-electron chi connectivity index (χ4n) is 2.92. The van der Waals surface area contributed by atoms with E-state index in [1.54, 1.807) is 6.33 Å². The molecule has 24 heavy (non-hydrogen) atoms. The van der Waals surface area contributed by atoms with Crippen LogP contribution in [0.25, 0.3) is 0 Å². The van der Waals surface area contributed by atoms with Crippen molar-refractivity contribution in [3.8, 4) is 0 Å². The molecule has 128 valence electrons. The van der Waals surface area contributed by atoms with Gasteiger partial charge in [0.15, 0.2) is 0 Å². The molecule has 0 aliphatic heterocycles. The normalized spacial score (nSPS) is 20.9. The number of aromatic nitrogens is 3. The number of benzene rings is 1. The molecule has 1 atom stereocenters. The van der Waals surface area contributed by atoms with Gasteiger partial charge in [-0.1, -0.05) is 30.3 Å². The lowest BCUT2D eigenvalue weighted by atomic mass is 9.86. The number of carbonyl (C=O) groups excluding carboxylic acids is 1. The summed E-state index contributed by atoms with van der Waals surface area (Å²) in [5.74, 6) is 0.911. The van der Waals surface area contributed by atoms with E-state index in [1.807, 2.05) is 41.9 Å². The van der Waals surface area contributed by atoms with E-state index in [-0.39, 0.29) is 18.2 Å². The highest BCUT2D eigenvalue weighted by Gasteiger charge is 2.32. The summed E-state index contributed by atoms with van der Waals surface area (Å²) < 4.78 is 7.14. The van der Waals surface area contributed by atoms with Crippen LogP contribution in [0.5, 0.6) is 0 Å². The molecule has 1 aromatic carbocycles. The van der Waals surface area contributed by atoms with Crippen LogP contribution in [0, 0.1) is 0 Å². The molecular formula is C17H23N5O2. The summed E-state index contributed by atoms with van der Waals surface area (Å²) in [6, 6.07) is 10.3. The van der Waals surface area contributed by atoms with Crippen LogP contribution in [-0.4, -0.2) is 32.9 Å². The Morgan fingerprint density at radius 3 is 2.75 bits per heavy atom. The van der Waals surface area contributed by atoms with E-state index in [0.717, 1.165) is 24.2 Å². The minimum Gasteiger partial charge on any atom is -0.445 e. The predicted molar refractivity (Wildman–Crippen MR) is 89.1 cm³/mol. The number of ether oxygens (including phenoxy) is 1. The van der Waals surface area contributed by atoms with Gasteiger partial charge in [-0.3, -0.25) is 0 Å². The molecule has 0 bridgehead atoms. The van der Waals surface area contributed by atoms with Gasteiger partial charge in [0.2, 0.25) is 0 Å². The van der Waals surface area contributed by atoms with E-state index >= 15 is 0 Å². The lowest BCUT2D eigenvalue weighted by molar-refractivity contribution is 0.124. The van der Waals surface area contributed by atoms with Crippen LogP contribution in [0.2, 0.25) is 0 Å². The van der Waals surface area contributed by atoms with Crippen LogP contribution in [0.3, 0.4) is 0 Å². The van der Waals surface area contributed by atoms with Crippen LogP contribution < -0.4 is 10.6 Å². The Kier molecular flexibility index (Phi) is 5.10. The molecule has 1 unspecified atom stereocenters. The molecule has 1 aliphatic rings. The molecule has 3 rings (SSSR count). The number of hydrogen-bond acceptors (Lipinski definition) is 5. The summed E-state index contributed by atoms with van der Waals surface area (Å²) in [5.41, 5.74) is 0.985. The average molecular weight is 329 g/mol. The summed E-state index contributed by atoms with van der Waals surface area (Å²) in [7, 11) is 1.93. The molecule has 1 amide bonds. The van der Waals surface area contributed by atoms with Crippen molar-refractivity contribution in [1.82, 2.24) is 25.4 Å². The summed E-state index contributed by atoms with van der Waals surface area (Å²) in [6.07, 6.45) is 3.12. The van der Waals surface area contributed by atoms with Crippen molar-refractivity contribution in [2.75, 3.05) is 0 Å². The van der Waals surface area contributed by atoms with Gasteiger partial charge in [-0.05, 0) is 25.3 Å². The lowest BCUT2D eigenvalue weighted by Crippen LogP contribution is -2.53. The fourth-order valence-corrected chi connectivity index (χ4v) is 2.92. The number of alkyl carbamates (subject to hydrolysis) is 1. The van der Waals surface area contributed by atoms with E-state index in [2.05, 4.69) is 27.8 Å².